The number of hydrogen-bond acceptors (Lipinski definition) is 4. The van der Waals surface area contributed by atoms with E-state index in [1.54, 1.807) is 7.11 Å². The van der Waals surface area contributed by atoms with Crippen LogP contribution in [0, 0.1) is 0 Å². The lowest BCUT2D eigenvalue weighted by atomic mass is 9.87. The van der Waals surface area contributed by atoms with Gasteiger partial charge in [0.25, 0.3) is 5.91 Å². The van der Waals surface area contributed by atoms with E-state index in [0.717, 1.165) is 58.3 Å². The molecule has 0 bridgehead atoms. The molecule has 0 radical (unpaired) electrons. The van der Waals surface area contributed by atoms with Crippen LogP contribution in [0.15, 0.2) is 30.3 Å². The summed E-state index contributed by atoms with van der Waals surface area (Å²) >= 11 is 0. The van der Waals surface area contributed by atoms with Crippen molar-refractivity contribution < 1.29 is 14.3 Å². The Kier molecular flexibility index (Phi) is 4.80. The van der Waals surface area contributed by atoms with Crippen LogP contribution in [0.25, 0.3) is 0 Å². The number of likely N-dealkylation sites (N-methyl/N-ethyl adjacent to an activating group) is 1. The first-order valence-electron chi connectivity index (χ1n) is 9.90. The minimum Gasteiger partial charge on any atom is -0.366 e. The average molecular weight is 358 g/mol. The van der Waals surface area contributed by atoms with Crippen LogP contribution < -0.4 is 0 Å². The van der Waals surface area contributed by atoms with Crippen LogP contribution in [0.2, 0.25) is 0 Å². The van der Waals surface area contributed by atoms with E-state index in [2.05, 4.69) is 36.1 Å². The van der Waals surface area contributed by atoms with Gasteiger partial charge in [-0.2, -0.15) is 0 Å². The summed E-state index contributed by atoms with van der Waals surface area (Å²) in [5, 5.41) is 0. The number of piperidine rings is 1. The second-order valence-electron chi connectivity index (χ2n) is 8.01. The molecule has 2 spiro atoms. The zero-order valence-electron chi connectivity index (χ0n) is 15.9. The van der Waals surface area contributed by atoms with Crippen molar-refractivity contribution in [1.82, 2.24) is 9.80 Å². The predicted molar refractivity (Wildman–Crippen MR) is 99.8 cm³/mol. The van der Waals surface area contributed by atoms with E-state index < -0.39 is 5.60 Å². The van der Waals surface area contributed by atoms with Gasteiger partial charge in [0.2, 0.25) is 0 Å². The molecule has 5 heteroatoms. The first-order chi connectivity index (χ1) is 12.6. The highest BCUT2D eigenvalue weighted by molar-refractivity contribution is 5.89. The molecule has 1 aliphatic carbocycles. The van der Waals surface area contributed by atoms with Crippen molar-refractivity contribution in [1.29, 1.82) is 0 Å². The third kappa shape index (κ3) is 3.28. The normalized spacial score (nSPS) is 25.6. The van der Waals surface area contributed by atoms with Crippen molar-refractivity contribution in [3.8, 4) is 0 Å². The summed E-state index contributed by atoms with van der Waals surface area (Å²) in [6.45, 7) is 5.50. The molecule has 0 aromatic heterocycles. The molecule has 142 valence electrons. The molecule has 1 aromatic carbocycles. The Morgan fingerprint density at radius 3 is 2.42 bits per heavy atom. The van der Waals surface area contributed by atoms with E-state index in [-0.39, 0.29) is 17.7 Å². The number of hydrogen-bond donors (Lipinski definition) is 0. The number of amides is 1. The van der Waals surface area contributed by atoms with E-state index in [0.29, 0.717) is 0 Å². The number of carbonyl (C=O) groups excluding carboxylic acids is 1. The Balaban J connectivity index is 1.41. The minimum absolute atomic E-state index is 0.0946. The van der Waals surface area contributed by atoms with E-state index in [1.165, 1.54) is 5.56 Å². The van der Waals surface area contributed by atoms with Crippen molar-refractivity contribution in [3.05, 3.63) is 35.9 Å². The summed E-state index contributed by atoms with van der Waals surface area (Å²) in [6.07, 6.45) is 4.71. The maximum absolute atomic E-state index is 12.6. The quantitative estimate of drug-likeness (QED) is 0.811. The highest BCUT2D eigenvalue weighted by Crippen LogP contribution is 2.49. The molecule has 1 unspecified atom stereocenters. The molecule has 1 amide bonds. The number of carbonyl (C=O) groups is 1. The summed E-state index contributed by atoms with van der Waals surface area (Å²) in [7, 11) is 1.80. The summed E-state index contributed by atoms with van der Waals surface area (Å²) in [6, 6.07) is 10.5. The largest absolute Gasteiger partial charge is 0.366 e. The van der Waals surface area contributed by atoms with Crippen molar-refractivity contribution >= 4 is 5.91 Å². The van der Waals surface area contributed by atoms with E-state index in [9.17, 15) is 4.79 Å². The van der Waals surface area contributed by atoms with Crippen LogP contribution in [0.3, 0.4) is 0 Å². The Hall–Kier alpha value is -1.43. The molecule has 2 saturated heterocycles. The fraction of sp³-hybridized carbons (Fsp3) is 0.667. The standard InChI is InChI=1S/C21H30N2O3/c1-3-22-16-20(26-21(9-10-21)19(22)24)11-13-23(14-12-20)18(25-2)15-17-7-5-4-6-8-17/h4-8,18H,3,9-16H2,1-2H3. The smallest absolute Gasteiger partial charge is 0.254 e. The van der Waals surface area contributed by atoms with Gasteiger partial charge in [-0.25, -0.2) is 0 Å². The Bertz CT molecular complexity index is 636. The van der Waals surface area contributed by atoms with Crippen molar-refractivity contribution in [3.63, 3.8) is 0 Å². The topological polar surface area (TPSA) is 42.0 Å². The highest BCUT2D eigenvalue weighted by Gasteiger charge is 2.61. The fourth-order valence-electron chi connectivity index (χ4n) is 4.54. The van der Waals surface area contributed by atoms with Crippen LogP contribution in [0.4, 0.5) is 0 Å². The molecule has 1 aromatic rings. The molecule has 0 N–H and O–H groups in total. The maximum Gasteiger partial charge on any atom is 0.254 e. The van der Waals surface area contributed by atoms with Crippen LogP contribution in [-0.4, -0.2) is 66.4 Å². The van der Waals surface area contributed by atoms with Gasteiger partial charge in [-0.1, -0.05) is 30.3 Å². The van der Waals surface area contributed by atoms with Gasteiger partial charge >= 0.3 is 0 Å². The molecule has 3 fully saturated rings. The van der Waals surface area contributed by atoms with Crippen LogP contribution in [0.1, 0.15) is 38.2 Å². The molecule has 26 heavy (non-hydrogen) atoms. The SMILES string of the molecule is CCN1CC2(CCN(C(Cc3ccccc3)OC)CC2)OC2(CC2)C1=O. The molecular weight excluding hydrogens is 328 g/mol. The maximum atomic E-state index is 12.6. The number of benzene rings is 1. The Labute approximate surface area is 156 Å². The van der Waals surface area contributed by atoms with Gasteiger partial charge in [-0.15, -0.1) is 0 Å². The first kappa shape index (κ1) is 18.0. The van der Waals surface area contributed by atoms with Crippen molar-refractivity contribution in [2.24, 2.45) is 0 Å². The third-order valence-electron chi connectivity index (χ3n) is 6.30. The van der Waals surface area contributed by atoms with Crippen molar-refractivity contribution in [2.75, 3.05) is 33.3 Å². The third-order valence-corrected chi connectivity index (χ3v) is 6.30. The zero-order valence-corrected chi connectivity index (χ0v) is 15.9. The van der Waals surface area contributed by atoms with Crippen LogP contribution in [-0.2, 0) is 20.7 Å². The molecule has 3 aliphatic rings. The number of morpholine rings is 1. The van der Waals surface area contributed by atoms with Crippen LogP contribution >= 0.6 is 0 Å². The summed E-state index contributed by atoms with van der Waals surface area (Å²) < 4.78 is 12.3. The predicted octanol–water partition coefficient (Wildman–Crippen LogP) is 2.45. The lowest BCUT2D eigenvalue weighted by Crippen LogP contribution is -2.63. The molecule has 1 saturated carbocycles. The monoisotopic (exact) mass is 358 g/mol. The Morgan fingerprint density at radius 2 is 1.85 bits per heavy atom. The van der Waals surface area contributed by atoms with E-state index >= 15 is 0 Å². The van der Waals surface area contributed by atoms with Gasteiger partial charge in [-0.3, -0.25) is 9.69 Å². The van der Waals surface area contributed by atoms with E-state index in [1.807, 2.05) is 11.0 Å². The molecule has 4 rings (SSSR count). The number of rotatable bonds is 5. The van der Waals surface area contributed by atoms with Gasteiger partial charge in [0.1, 0.15) is 11.8 Å². The lowest BCUT2D eigenvalue weighted by Gasteiger charge is -2.50. The molecule has 5 nitrogen and oxygen atoms in total. The Morgan fingerprint density at radius 1 is 1.15 bits per heavy atom. The molecule has 2 heterocycles. The summed E-state index contributed by atoms with van der Waals surface area (Å²) in [5.41, 5.74) is 0.650. The molecular formula is C21H30N2O3. The fourth-order valence-corrected chi connectivity index (χ4v) is 4.54. The van der Waals surface area contributed by atoms with Gasteiger partial charge in [0.15, 0.2) is 0 Å². The number of nitrogens with zero attached hydrogens (tertiary/aromatic N) is 2. The van der Waals surface area contributed by atoms with Gasteiger partial charge in [-0.05, 0) is 38.2 Å². The first-order valence-corrected chi connectivity index (χ1v) is 9.90. The van der Waals surface area contributed by atoms with Crippen molar-refractivity contribution in [2.45, 2.75) is 56.5 Å². The summed E-state index contributed by atoms with van der Waals surface area (Å²) in [4.78, 5) is 17.0. The summed E-state index contributed by atoms with van der Waals surface area (Å²) in [5.74, 6) is 0.215. The minimum atomic E-state index is -0.485. The molecule has 2 aliphatic heterocycles. The lowest BCUT2D eigenvalue weighted by molar-refractivity contribution is -0.205. The highest BCUT2D eigenvalue weighted by atomic mass is 16.5. The van der Waals surface area contributed by atoms with Gasteiger partial charge in [0, 0.05) is 39.7 Å². The average Bonchev–Trinajstić information content (AvgIpc) is 3.44. The number of methoxy groups -OCH3 is 1. The molecule has 1 atom stereocenters. The number of likely N-dealkylation sites (tertiary alicyclic amines) is 1. The van der Waals surface area contributed by atoms with Gasteiger partial charge < -0.3 is 14.4 Å². The van der Waals surface area contributed by atoms with E-state index in [4.69, 9.17) is 9.47 Å². The second-order valence-corrected chi connectivity index (χ2v) is 8.01. The van der Waals surface area contributed by atoms with Crippen LogP contribution in [0.5, 0.6) is 0 Å². The number of ether oxygens (including phenoxy) is 2. The second kappa shape index (κ2) is 6.95. The zero-order chi connectivity index (χ0) is 18.2. The van der Waals surface area contributed by atoms with Gasteiger partial charge in [0.05, 0.1) is 5.60 Å².